The molecule has 0 spiro atoms. The zero-order valence-corrected chi connectivity index (χ0v) is 9.85. The Balaban J connectivity index is 2.47. The Morgan fingerprint density at radius 1 is 1.31 bits per heavy atom. The maximum Gasteiger partial charge on any atom is 0.307 e. The van der Waals surface area contributed by atoms with Crippen molar-refractivity contribution >= 4 is 11.9 Å². The van der Waals surface area contributed by atoms with Crippen molar-refractivity contribution in [2.24, 2.45) is 17.6 Å². The predicted octanol–water partition coefficient (Wildman–Crippen LogP) is 0.293. The lowest BCUT2D eigenvalue weighted by atomic mass is 9.93. The van der Waals surface area contributed by atoms with Crippen molar-refractivity contribution in [3.63, 3.8) is 0 Å². The first-order valence-electron chi connectivity index (χ1n) is 5.69. The van der Waals surface area contributed by atoms with Gasteiger partial charge in [-0.1, -0.05) is 6.92 Å². The molecule has 0 aromatic rings. The van der Waals surface area contributed by atoms with Gasteiger partial charge in [-0.25, -0.2) is 0 Å². The van der Waals surface area contributed by atoms with Gasteiger partial charge in [0.15, 0.2) is 0 Å². The molecule has 16 heavy (non-hydrogen) atoms. The second-order valence-electron chi connectivity index (χ2n) is 4.58. The van der Waals surface area contributed by atoms with Gasteiger partial charge in [-0.3, -0.25) is 14.5 Å². The van der Waals surface area contributed by atoms with Gasteiger partial charge in [0.1, 0.15) is 0 Å². The largest absolute Gasteiger partial charge is 0.481 e. The minimum atomic E-state index is -0.774. The van der Waals surface area contributed by atoms with Gasteiger partial charge in [-0.2, -0.15) is 0 Å². The molecule has 2 unspecified atom stereocenters. The average molecular weight is 228 g/mol. The van der Waals surface area contributed by atoms with Crippen LogP contribution in [0.15, 0.2) is 0 Å². The SMILES string of the molecule is CC(C(=O)O)C(C)N1CCC(C(N)=O)CC1. The molecular weight excluding hydrogens is 208 g/mol. The number of amides is 1. The second-order valence-corrected chi connectivity index (χ2v) is 4.58. The van der Waals surface area contributed by atoms with Crippen molar-refractivity contribution in [1.29, 1.82) is 0 Å². The first-order valence-corrected chi connectivity index (χ1v) is 5.69. The second kappa shape index (κ2) is 5.30. The monoisotopic (exact) mass is 228 g/mol. The van der Waals surface area contributed by atoms with Crippen LogP contribution in [-0.4, -0.2) is 41.0 Å². The number of carbonyl (C=O) groups is 2. The number of carboxylic acid groups (broad SMARTS) is 1. The minimum Gasteiger partial charge on any atom is -0.481 e. The highest BCUT2D eigenvalue weighted by atomic mass is 16.4. The Morgan fingerprint density at radius 2 is 1.81 bits per heavy atom. The fraction of sp³-hybridized carbons (Fsp3) is 0.818. The molecule has 0 aromatic heterocycles. The lowest BCUT2D eigenvalue weighted by Crippen LogP contribution is -2.46. The van der Waals surface area contributed by atoms with Gasteiger partial charge >= 0.3 is 5.97 Å². The number of primary amides is 1. The lowest BCUT2D eigenvalue weighted by molar-refractivity contribution is -0.143. The zero-order valence-electron chi connectivity index (χ0n) is 9.85. The van der Waals surface area contributed by atoms with Crippen LogP contribution >= 0.6 is 0 Å². The average Bonchev–Trinajstić information content (AvgIpc) is 2.27. The number of rotatable bonds is 4. The quantitative estimate of drug-likeness (QED) is 0.724. The Bertz CT molecular complexity index is 272. The van der Waals surface area contributed by atoms with Crippen molar-refractivity contribution in [2.75, 3.05) is 13.1 Å². The molecule has 5 nitrogen and oxygen atoms in total. The van der Waals surface area contributed by atoms with Crippen molar-refractivity contribution in [2.45, 2.75) is 32.7 Å². The molecule has 92 valence electrons. The molecule has 0 saturated carbocycles. The third-order valence-corrected chi connectivity index (χ3v) is 3.62. The lowest BCUT2D eigenvalue weighted by Gasteiger charge is -2.36. The number of likely N-dealkylation sites (tertiary alicyclic amines) is 1. The molecule has 2 atom stereocenters. The molecule has 1 fully saturated rings. The summed E-state index contributed by atoms with van der Waals surface area (Å²) in [4.78, 5) is 24.0. The van der Waals surface area contributed by atoms with Crippen LogP contribution in [0.1, 0.15) is 26.7 Å². The predicted molar refractivity (Wildman–Crippen MR) is 59.8 cm³/mol. The Labute approximate surface area is 95.6 Å². The number of carboxylic acids is 1. The van der Waals surface area contributed by atoms with Crippen LogP contribution in [0, 0.1) is 11.8 Å². The highest BCUT2D eigenvalue weighted by molar-refractivity contribution is 5.76. The molecule has 1 rings (SSSR count). The highest BCUT2D eigenvalue weighted by Crippen LogP contribution is 2.21. The fourth-order valence-electron chi connectivity index (χ4n) is 2.11. The Hall–Kier alpha value is -1.10. The molecule has 1 aliphatic heterocycles. The van der Waals surface area contributed by atoms with Gasteiger partial charge in [-0.15, -0.1) is 0 Å². The van der Waals surface area contributed by atoms with E-state index in [0.717, 1.165) is 25.9 Å². The summed E-state index contributed by atoms with van der Waals surface area (Å²) in [6, 6.07) is 0.00586. The van der Waals surface area contributed by atoms with Gasteiger partial charge in [0.2, 0.25) is 5.91 Å². The molecule has 0 bridgehead atoms. The molecule has 5 heteroatoms. The fourth-order valence-corrected chi connectivity index (χ4v) is 2.11. The van der Waals surface area contributed by atoms with Gasteiger partial charge in [0, 0.05) is 12.0 Å². The van der Waals surface area contributed by atoms with Gasteiger partial charge < -0.3 is 10.8 Å². The van der Waals surface area contributed by atoms with Crippen LogP contribution in [0.3, 0.4) is 0 Å². The van der Waals surface area contributed by atoms with Crippen LogP contribution in [0.4, 0.5) is 0 Å². The van der Waals surface area contributed by atoms with Crippen molar-refractivity contribution < 1.29 is 14.7 Å². The smallest absolute Gasteiger partial charge is 0.307 e. The number of nitrogens with zero attached hydrogens (tertiary/aromatic N) is 1. The summed E-state index contributed by atoms with van der Waals surface area (Å²) in [6.07, 6.45) is 1.48. The van der Waals surface area contributed by atoms with Gasteiger partial charge in [0.25, 0.3) is 0 Å². The topological polar surface area (TPSA) is 83.6 Å². The van der Waals surface area contributed by atoms with E-state index in [1.165, 1.54) is 0 Å². The van der Waals surface area contributed by atoms with Crippen molar-refractivity contribution in [1.82, 2.24) is 4.90 Å². The summed E-state index contributed by atoms with van der Waals surface area (Å²) >= 11 is 0. The molecule has 1 heterocycles. The van der Waals surface area contributed by atoms with E-state index in [1.54, 1.807) is 6.92 Å². The minimum absolute atomic E-state index is 0.00586. The van der Waals surface area contributed by atoms with E-state index in [4.69, 9.17) is 10.8 Å². The normalized spacial score (nSPS) is 22.6. The van der Waals surface area contributed by atoms with E-state index < -0.39 is 5.97 Å². The van der Waals surface area contributed by atoms with Gasteiger partial charge in [0.05, 0.1) is 5.92 Å². The Kier molecular flexibility index (Phi) is 4.29. The summed E-state index contributed by atoms with van der Waals surface area (Å²) < 4.78 is 0. The highest BCUT2D eigenvalue weighted by Gasteiger charge is 2.30. The van der Waals surface area contributed by atoms with Crippen molar-refractivity contribution in [3.8, 4) is 0 Å². The first-order chi connectivity index (χ1) is 7.43. The third kappa shape index (κ3) is 2.95. The molecule has 1 amide bonds. The summed E-state index contributed by atoms with van der Waals surface area (Å²) in [5, 5.41) is 8.92. The summed E-state index contributed by atoms with van der Waals surface area (Å²) in [7, 11) is 0. The molecule has 0 aliphatic carbocycles. The first kappa shape index (κ1) is 13.0. The summed E-state index contributed by atoms with van der Waals surface area (Å²) in [5.41, 5.74) is 5.25. The van der Waals surface area contributed by atoms with E-state index in [0.29, 0.717) is 0 Å². The van der Waals surface area contributed by atoms with Crippen LogP contribution in [0.5, 0.6) is 0 Å². The van der Waals surface area contributed by atoms with E-state index in [1.807, 2.05) is 6.92 Å². The number of piperidine rings is 1. The number of aliphatic carboxylic acids is 1. The van der Waals surface area contributed by atoms with E-state index >= 15 is 0 Å². The third-order valence-electron chi connectivity index (χ3n) is 3.62. The Morgan fingerprint density at radius 3 is 2.19 bits per heavy atom. The van der Waals surface area contributed by atoms with Crippen LogP contribution in [0.2, 0.25) is 0 Å². The molecule has 1 aliphatic rings. The van der Waals surface area contributed by atoms with Crippen LogP contribution in [-0.2, 0) is 9.59 Å². The maximum absolute atomic E-state index is 11.0. The molecule has 3 N–H and O–H groups in total. The molecule has 0 radical (unpaired) electrons. The van der Waals surface area contributed by atoms with E-state index in [9.17, 15) is 9.59 Å². The number of hydrogen-bond acceptors (Lipinski definition) is 3. The van der Waals surface area contributed by atoms with Crippen LogP contribution in [0.25, 0.3) is 0 Å². The summed E-state index contributed by atoms with van der Waals surface area (Å²) in [5.74, 6) is -1.43. The number of carbonyl (C=O) groups excluding carboxylic acids is 1. The maximum atomic E-state index is 11.0. The standard InChI is InChI=1S/C11H20N2O3/c1-7(11(15)16)8(2)13-5-3-9(4-6-13)10(12)14/h7-9H,3-6H2,1-2H3,(H2,12,14)(H,15,16). The van der Waals surface area contributed by atoms with E-state index in [2.05, 4.69) is 4.90 Å². The molecule has 1 saturated heterocycles. The van der Waals surface area contributed by atoms with E-state index in [-0.39, 0.29) is 23.8 Å². The molecule has 0 aromatic carbocycles. The van der Waals surface area contributed by atoms with Crippen LogP contribution < -0.4 is 5.73 Å². The number of nitrogens with two attached hydrogens (primary N) is 1. The summed E-state index contributed by atoms with van der Waals surface area (Å²) in [6.45, 7) is 5.15. The zero-order chi connectivity index (χ0) is 12.3. The van der Waals surface area contributed by atoms with Gasteiger partial charge in [-0.05, 0) is 32.9 Å². The molecular formula is C11H20N2O3. The number of hydrogen-bond donors (Lipinski definition) is 2. The van der Waals surface area contributed by atoms with Crippen molar-refractivity contribution in [3.05, 3.63) is 0 Å².